The molecule has 148 valence electrons. The summed E-state index contributed by atoms with van der Waals surface area (Å²) < 4.78 is 40.0. The number of hydrogen-bond donors (Lipinski definition) is 1. The Morgan fingerprint density at radius 1 is 1.30 bits per heavy atom. The highest BCUT2D eigenvalue weighted by molar-refractivity contribution is 8.01. The number of aromatic nitrogens is 2. The SMILES string of the molecule is CC(C)CSc1nnc(NC(=O)C(C)N(c2ccccc2F)S(C)(=O)=O)s1. The molecule has 0 aliphatic rings. The second-order valence-corrected chi connectivity index (χ2v) is 10.4. The van der Waals surface area contributed by atoms with Crippen LogP contribution in [0, 0.1) is 11.7 Å². The molecule has 7 nitrogen and oxygen atoms in total. The van der Waals surface area contributed by atoms with Gasteiger partial charge in [0, 0.05) is 5.75 Å². The molecule has 1 amide bonds. The van der Waals surface area contributed by atoms with Crippen LogP contribution in [0.25, 0.3) is 0 Å². The van der Waals surface area contributed by atoms with Crippen LogP contribution in [0.3, 0.4) is 0 Å². The number of benzene rings is 1. The van der Waals surface area contributed by atoms with E-state index in [1.165, 1.54) is 48.2 Å². The lowest BCUT2D eigenvalue weighted by Crippen LogP contribution is -2.45. The highest BCUT2D eigenvalue weighted by Crippen LogP contribution is 2.28. The van der Waals surface area contributed by atoms with Crippen molar-refractivity contribution < 1.29 is 17.6 Å². The molecule has 27 heavy (non-hydrogen) atoms. The van der Waals surface area contributed by atoms with Gasteiger partial charge >= 0.3 is 0 Å². The number of halogens is 1. The number of anilines is 2. The van der Waals surface area contributed by atoms with Crippen LogP contribution in [0.5, 0.6) is 0 Å². The third-order valence-electron chi connectivity index (χ3n) is 3.36. The van der Waals surface area contributed by atoms with Gasteiger partial charge in [-0.25, -0.2) is 12.8 Å². The number of nitrogens with one attached hydrogen (secondary N) is 1. The van der Waals surface area contributed by atoms with Gasteiger partial charge in [0.15, 0.2) is 4.34 Å². The first kappa shape index (κ1) is 21.6. The predicted molar refractivity (Wildman–Crippen MR) is 107 cm³/mol. The summed E-state index contributed by atoms with van der Waals surface area (Å²) in [5.41, 5.74) is -0.187. The van der Waals surface area contributed by atoms with Gasteiger partial charge < -0.3 is 0 Å². The Morgan fingerprint density at radius 2 is 1.96 bits per heavy atom. The van der Waals surface area contributed by atoms with Crippen LogP contribution in [0.1, 0.15) is 20.8 Å². The van der Waals surface area contributed by atoms with Crippen LogP contribution in [-0.4, -0.2) is 42.6 Å². The first-order valence-corrected chi connectivity index (χ1v) is 11.8. The fraction of sp³-hybridized carbons (Fsp3) is 0.438. The fourth-order valence-electron chi connectivity index (χ4n) is 2.18. The zero-order chi connectivity index (χ0) is 20.2. The molecule has 11 heteroatoms. The van der Waals surface area contributed by atoms with Crippen LogP contribution in [0.15, 0.2) is 28.6 Å². The molecule has 0 aliphatic carbocycles. The van der Waals surface area contributed by atoms with Crippen molar-refractivity contribution in [1.82, 2.24) is 10.2 Å². The molecular weight excluding hydrogens is 411 g/mol. The van der Waals surface area contributed by atoms with Gasteiger partial charge in [-0.2, -0.15) is 0 Å². The molecule has 2 rings (SSSR count). The van der Waals surface area contributed by atoms with Crippen LogP contribution < -0.4 is 9.62 Å². The van der Waals surface area contributed by atoms with Gasteiger partial charge in [-0.3, -0.25) is 14.4 Å². The topological polar surface area (TPSA) is 92.3 Å². The van der Waals surface area contributed by atoms with Gasteiger partial charge in [-0.15, -0.1) is 10.2 Å². The standard InChI is InChI=1S/C16H21FN4O3S3/c1-10(2)9-25-16-20-19-15(26-16)18-14(22)11(3)21(27(4,23)24)13-8-6-5-7-12(13)17/h5-8,10-11H,9H2,1-4H3,(H,18,19,22). The lowest BCUT2D eigenvalue weighted by molar-refractivity contribution is -0.116. The van der Waals surface area contributed by atoms with Crippen molar-refractivity contribution in [3.63, 3.8) is 0 Å². The summed E-state index contributed by atoms with van der Waals surface area (Å²) in [6, 6.07) is 4.23. The van der Waals surface area contributed by atoms with Crippen molar-refractivity contribution in [3.05, 3.63) is 30.1 Å². The van der Waals surface area contributed by atoms with Crippen molar-refractivity contribution in [2.24, 2.45) is 5.92 Å². The Bertz CT molecular complexity index is 902. The van der Waals surface area contributed by atoms with E-state index in [-0.39, 0.29) is 10.8 Å². The first-order chi connectivity index (χ1) is 12.6. The van der Waals surface area contributed by atoms with Gasteiger partial charge in [0.25, 0.3) is 0 Å². The molecule has 0 saturated carbocycles. The molecule has 0 radical (unpaired) electrons. The quantitative estimate of drug-likeness (QED) is 0.509. The minimum absolute atomic E-state index is 0.187. The van der Waals surface area contributed by atoms with E-state index in [0.717, 1.165) is 22.4 Å². The number of carbonyl (C=O) groups excluding carboxylic acids is 1. The third kappa shape index (κ3) is 5.88. The van der Waals surface area contributed by atoms with E-state index in [0.29, 0.717) is 10.3 Å². The molecule has 0 spiro atoms. The molecule has 0 bridgehead atoms. The van der Waals surface area contributed by atoms with E-state index in [9.17, 15) is 17.6 Å². The summed E-state index contributed by atoms with van der Waals surface area (Å²) in [6.45, 7) is 5.56. The summed E-state index contributed by atoms with van der Waals surface area (Å²) >= 11 is 2.74. The maximum Gasteiger partial charge on any atom is 0.249 e. The van der Waals surface area contributed by atoms with Gasteiger partial charge in [-0.1, -0.05) is 49.1 Å². The predicted octanol–water partition coefficient (Wildman–Crippen LogP) is 3.22. The number of carbonyl (C=O) groups is 1. The number of sulfonamides is 1. The number of thioether (sulfide) groups is 1. The van der Waals surface area contributed by atoms with E-state index in [1.807, 2.05) is 0 Å². The van der Waals surface area contributed by atoms with E-state index in [4.69, 9.17) is 0 Å². The molecule has 0 fully saturated rings. The molecule has 1 N–H and O–H groups in total. The number of rotatable bonds is 8. The van der Waals surface area contributed by atoms with Crippen molar-refractivity contribution in [2.45, 2.75) is 31.2 Å². The van der Waals surface area contributed by atoms with Crippen LogP contribution in [0.2, 0.25) is 0 Å². The number of hydrogen-bond acceptors (Lipinski definition) is 7. The first-order valence-electron chi connectivity index (χ1n) is 8.10. The van der Waals surface area contributed by atoms with E-state index in [2.05, 4.69) is 29.4 Å². The Balaban J connectivity index is 2.17. The van der Waals surface area contributed by atoms with Crippen LogP contribution >= 0.6 is 23.1 Å². The Labute approximate surface area is 166 Å². The zero-order valence-corrected chi connectivity index (χ0v) is 17.8. The highest BCUT2D eigenvalue weighted by Gasteiger charge is 2.31. The number of amides is 1. The van der Waals surface area contributed by atoms with Crippen LogP contribution in [0.4, 0.5) is 15.2 Å². The highest BCUT2D eigenvalue weighted by atomic mass is 32.2. The smallest absolute Gasteiger partial charge is 0.249 e. The Kier molecular flexibility index (Phi) is 7.18. The largest absolute Gasteiger partial charge is 0.299 e. The minimum Gasteiger partial charge on any atom is -0.299 e. The molecule has 0 saturated heterocycles. The maximum absolute atomic E-state index is 14.1. The van der Waals surface area contributed by atoms with Crippen molar-refractivity contribution in [3.8, 4) is 0 Å². The van der Waals surface area contributed by atoms with Gasteiger partial charge in [0.2, 0.25) is 21.1 Å². The summed E-state index contributed by atoms with van der Waals surface area (Å²) in [6.07, 6.45) is 0.925. The summed E-state index contributed by atoms with van der Waals surface area (Å²) in [5.74, 6) is 0.000790. The molecule has 0 aliphatic heterocycles. The van der Waals surface area contributed by atoms with E-state index in [1.54, 1.807) is 0 Å². The molecule has 1 aromatic heterocycles. The van der Waals surface area contributed by atoms with Gasteiger partial charge in [0.05, 0.1) is 11.9 Å². The third-order valence-corrected chi connectivity index (χ3v) is 6.98. The summed E-state index contributed by atoms with van der Waals surface area (Å²) in [7, 11) is -3.89. The second-order valence-electron chi connectivity index (χ2n) is 6.25. The minimum atomic E-state index is -3.89. The van der Waals surface area contributed by atoms with Gasteiger partial charge in [-0.05, 0) is 25.0 Å². The van der Waals surface area contributed by atoms with Crippen LogP contribution in [-0.2, 0) is 14.8 Å². The van der Waals surface area contributed by atoms with Crippen molar-refractivity contribution in [2.75, 3.05) is 21.6 Å². The molecule has 1 unspecified atom stereocenters. The lowest BCUT2D eigenvalue weighted by Gasteiger charge is -2.28. The van der Waals surface area contributed by atoms with Crippen molar-refractivity contribution >= 4 is 49.8 Å². The maximum atomic E-state index is 14.1. The average Bonchev–Trinajstić information content (AvgIpc) is 3.01. The zero-order valence-electron chi connectivity index (χ0n) is 15.3. The average molecular weight is 433 g/mol. The Hall–Kier alpha value is -1.72. The van der Waals surface area contributed by atoms with E-state index < -0.39 is 27.8 Å². The number of para-hydroxylation sites is 1. The van der Waals surface area contributed by atoms with Gasteiger partial charge in [0.1, 0.15) is 11.9 Å². The summed E-state index contributed by atoms with van der Waals surface area (Å²) in [5, 5.41) is 10.7. The molecule has 1 aromatic carbocycles. The summed E-state index contributed by atoms with van der Waals surface area (Å²) in [4.78, 5) is 12.6. The molecular formula is C16H21FN4O3S3. The van der Waals surface area contributed by atoms with Crippen molar-refractivity contribution in [1.29, 1.82) is 0 Å². The van der Waals surface area contributed by atoms with E-state index >= 15 is 0 Å². The Morgan fingerprint density at radius 3 is 2.56 bits per heavy atom. The molecule has 2 aromatic rings. The molecule has 1 heterocycles. The fourth-order valence-corrected chi connectivity index (χ4v) is 5.08. The normalized spacial score (nSPS) is 12.8. The monoisotopic (exact) mass is 432 g/mol. The second kappa shape index (κ2) is 8.98. The molecule has 1 atom stereocenters. The number of nitrogens with zero attached hydrogens (tertiary/aromatic N) is 3. The lowest BCUT2D eigenvalue weighted by atomic mass is 10.2.